The van der Waals surface area contributed by atoms with Crippen LogP contribution >= 0.6 is 0 Å². The molecule has 0 saturated heterocycles. The molecule has 0 atom stereocenters. The Morgan fingerprint density at radius 1 is 1.50 bits per heavy atom. The van der Waals surface area contributed by atoms with Crippen LogP contribution < -0.4 is 5.32 Å². The van der Waals surface area contributed by atoms with Crippen LogP contribution in [0.4, 0.5) is 0 Å². The van der Waals surface area contributed by atoms with Crippen molar-refractivity contribution in [3.63, 3.8) is 0 Å². The topological polar surface area (TPSA) is 76.5 Å². The summed E-state index contributed by atoms with van der Waals surface area (Å²) in [5.41, 5.74) is 1.25. The number of aromatic nitrogens is 2. The molecule has 1 heterocycles. The van der Waals surface area contributed by atoms with E-state index in [0.29, 0.717) is 31.7 Å². The summed E-state index contributed by atoms with van der Waals surface area (Å²) in [4.78, 5) is 25.0. The number of esters is 1. The van der Waals surface area contributed by atoms with Gasteiger partial charge in [0.2, 0.25) is 5.91 Å². The molecule has 0 aliphatic carbocycles. The summed E-state index contributed by atoms with van der Waals surface area (Å²) < 4.78 is 6.66. The Labute approximate surface area is 118 Å². The molecule has 1 N–H and O–H groups in total. The molecule has 0 spiro atoms. The maximum atomic E-state index is 11.8. The first-order chi connectivity index (χ1) is 9.49. The van der Waals surface area contributed by atoms with Crippen LogP contribution in [0.15, 0.2) is 6.20 Å². The molecular formula is C13H22N4O3. The third-order valence-electron chi connectivity index (χ3n) is 2.98. The fraction of sp³-hybridized carbons (Fsp3) is 0.615. The lowest BCUT2D eigenvalue weighted by Crippen LogP contribution is -2.27. The van der Waals surface area contributed by atoms with E-state index in [2.05, 4.69) is 10.4 Å². The van der Waals surface area contributed by atoms with Gasteiger partial charge in [-0.05, 0) is 14.0 Å². The Morgan fingerprint density at radius 3 is 2.80 bits per heavy atom. The van der Waals surface area contributed by atoms with Crippen molar-refractivity contribution >= 4 is 11.9 Å². The molecule has 1 aromatic rings. The second-order valence-electron chi connectivity index (χ2n) is 4.51. The number of hydrogen-bond acceptors (Lipinski definition) is 5. The lowest BCUT2D eigenvalue weighted by atomic mass is 10.2. The van der Waals surface area contributed by atoms with E-state index in [1.54, 1.807) is 25.7 Å². The maximum Gasteiger partial charge on any atom is 0.341 e. The van der Waals surface area contributed by atoms with Gasteiger partial charge in [0.05, 0.1) is 18.5 Å². The molecule has 0 radical (unpaired) electrons. The number of carbonyl (C=O) groups excluding carboxylic acids is 2. The molecule has 7 heteroatoms. The van der Waals surface area contributed by atoms with E-state index in [9.17, 15) is 9.59 Å². The van der Waals surface area contributed by atoms with E-state index >= 15 is 0 Å². The van der Waals surface area contributed by atoms with Crippen molar-refractivity contribution in [1.29, 1.82) is 0 Å². The van der Waals surface area contributed by atoms with Crippen LogP contribution in [-0.2, 0) is 23.1 Å². The van der Waals surface area contributed by atoms with Crippen LogP contribution in [0.3, 0.4) is 0 Å². The quantitative estimate of drug-likeness (QED) is 0.721. The van der Waals surface area contributed by atoms with Gasteiger partial charge >= 0.3 is 5.97 Å². The molecule has 0 unspecified atom stereocenters. The summed E-state index contributed by atoms with van der Waals surface area (Å²) >= 11 is 0. The van der Waals surface area contributed by atoms with Gasteiger partial charge in [-0.2, -0.15) is 5.10 Å². The highest BCUT2D eigenvalue weighted by molar-refractivity contribution is 5.90. The number of aryl methyl sites for hydroxylation is 1. The Kier molecular flexibility index (Phi) is 6.17. The van der Waals surface area contributed by atoms with Crippen molar-refractivity contribution < 1.29 is 14.3 Å². The molecule has 0 aromatic carbocycles. The van der Waals surface area contributed by atoms with Gasteiger partial charge in [0, 0.05) is 33.6 Å². The van der Waals surface area contributed by atoms with Gasteiger partial charge in [-0.1, -0.05) is 0 Å². The Balaban J connectivity index is 2.69. The zero-order valence-corrected chi connectivity index (χ0v) is 12.5. The lowest BCUT2D eigenvalue weighted by Gasteiger charge is -2.17. The first-order valence-electron chi connectivity index (χ1n) is 6.56. The molecule has 1 aromatic heterocycles. The predicted molar refractivity (Wildman–Crippen MR) is 74.2 cm³/mol. The van der Waals surface area contributed by atoms with E-state index in [-0.39, 0.29) is 11.9 Å². The molecule has 112 valence electrons. The van der Waals surface area contributed by atoms with Gasteiger partial charge in [0.25, 0.3) is 0 Å². The molecule has 20 heavy (non-hydrogen) atoms. The highest BCUT2D eigenvalue weighted by Gasteiger charge is 2.18. The largest absolute Gasteiger partial charge is 0.462 e. The highest BCUT2D eigenvalue weighted by atomic mass is 16.5. The predicted octanol–water partition coefficient (Wildman–Crippen LogP) is 0.165. The van der Waals surface area contributed by atoms with E-state index in [0.717, 1.165) is 5.69 Å². The Morgan fingerprint density at radius 2 is 2.20 bits per heavy atom. The summed E-state index contributed by atoms with van der Waals surface area (Å²) in [6.45, 7) is 3.23. The fourth-order valence-corrected chi connectivity index (χ4v) is 1.78. The molecule has 1 rings (SSSR count). The Bertz CT molecular complexity index is 470. The number of amides is 1. The van der Waals surface area contributed by atoms with Gasteiger partial charge in [-0.15, -0.1) is 0 Å². The zero-order valence-electron chi connectivity index (χ0n) is 12.5. The van der Waals surface area contributed by atoms with Gasteiger partial charge < -0.3 is 15.0 Å². The Hall–Kier alpha value is -1.89. The standard InChI is InChI=1S/C13H22N4O3/c1-5-20-13(19)10-8-15-17(4)11(10)9-16(3)7-6-12(18)14-2/h8H,5-7,9H2,1-4H3,(H,14,18). The van der Waals surface area contributed by atoms with E-state index in [4.69, 9.17) is 4.74 Å². The van der Waals surface area contributed by atoms with Gasteiger partial charge in [0.15, 0.2) is 0 Å². The summed E-state index contributed by atoms with van der Waals surface area (Å²) in [6.07, 6.45) is 1.93. The summed E-state index contributed by atoms with van der Waals surface area (Å²) in [5.74, 6) is -0.372. The number of ether oxygens (including phenoxy) is 1. The zero-order chi connectivity index (χ0) is 15.1. The van der Waals surface area contributed by atoms with Crippen LogP contribution in [0.25, 0.3) is 0 Å². The highest BCUT2D eigenvalue weighted by Crippen LogP contribution is 2.11. The summed E-state index contributed by atoms with van der Waals surface area (Å²) in [7, 11) is 5.29. The van der Waals surface area contributed by atoms with Crippen molar-refractivity contribution in [1.82, 2.24) is 20.0 Å². The molecule has 7 nitrogen and oxygen atoms in total. The molecule has 1 amide bonds. The van der Waals surface area contributed by atoms with Crippen LogP contribution in [0, 0.1) is 0 Å². The molecular weight excluding hydrogens is 260 g/mol. The first kappa shape index (κ1) is 16.2. The molecule has 0 bridgehead atoms. The van der Waals surface area contributed by atoms with Gasteiger partial charge in [0.1, 0.15) is 5.56 Å². The number of hydrogen-bond donors (Lipinski definition) is 1. The number of nitrogens with zero attached hydrogens (tertiary/aromatic N) is 3. The van der Waals surface area contributed by atoms with Crippen molar-refractivity contribution in [3.05, 3.63) is 17.5 Å². The van der Waals surface area contributed by atoms with Crippen LogP contribution in [0.5, 0.6) is 0 Å². The van der Waals surface area contributed by atoms with Gasteiger partial charge in [-0.3, -0.25) is 9.48 Å². The molecule has 0 saturated carbocycles. The number of nitrogens with one attached hydrogen (secondary N) is 1. The minimum Gasteiger partial charge on any atom is -0.462 e. The van der Waals surface area contributed by atoms with E-state index < -0.39 is 0 Å². The van der Waals surface area contributed by atoms with Crippen LogP contribution in [0.2, 0.25) is 0 Å². The van der Waals surface area contributed by atoms with Crippen molar-refractivity contribution in [3.8, 4) is 0 Å². The lowest BCUT2D eigenvalue weighted by molar-refractivity contribution is -0.120. The molecule has 0 fully saturated rings. The molecule has 0 aliphatic rings. The average Bonchev–Trinajstić information content (AvgIpc) is 2.78. The smallest absolute Gasteiger partial charge is 0.341 e. The number of carbonyl (C=O) groups is 2. The minimum absolute atomic E-state index is 0.00697. The van der Waals surface area contributed by atoms with Crippen LogP contribution in [-0.4, -0.2) is 53.8 Å². The van der Waals surface area contributed by atoms with E-state index in [1.165, 1.54) is 6.20 Å². The minimum atomic E-state index is -0.365. The van der Waals surface area contributed by atoms with Crippen LogP contribution in [0.1, 0.15) is 29.4 Å². The molecule has 0 aliphatic heterocycles. The normalized spacial score (nSPS) is 10.7. The SMILES string of the molecule is CCOC(=O)c1cnn(C)c1CN(C)CCC(=O)NC. The second-order valence-corrected chi connectivity index (χ2v) is 4.51. The summed E-state index contributed by atoms with van der Waals surface area (Å²) in [5, 5.41) is 6.67. The van der Waals surface area contributed by atoms with Crippen molar-refractivity contribution in [2.45, 2.75) is 19.9 Å². The second kappa shape index (κ2) is 7.64. The average molecular weight is 282 g/mol. The van der Waals surface area contributed by atoms with Gasteiger partial charge in [-0.25, -0.2) is 4.79 Å². The maximum absolute atomic E-state index is 11.8. The van der Waals surface area contributed by atoms with E-state index in [1.807, 2.05) is 11.9 Å². The van der Waals surface area contributed by atoms with Crippen molar-refractivity contribution in [2.75, 3.05) is 27.2 Å². The fourth-order valence-electron chi connectivity index (χ4n) is 1.78. The third-order valence-corrected chi connectivity index (χ3v) is 2.98. The summed E-state index contributed by atoms with van der Waals surface area (Å²) in [6, 6.07) is 0. The first-order valence-corrected chi connectivity index (χ1v) is 6.56. The third kappa shape index (κ3) is 4.34. The van der Waals surface area contributed by atoms with Crippen molar-refractivity contribution in [2.24, 2.45) is 7.05 Å². The number of rotatable bonds is 7. The monoisotopic (exact) mass is 282 g/mol.